The Morgan fingerprint density at radius 2 is 1.67 bits per heavy atom. The van der Waals surface area contributed by atoms with Gasteiger partial charge < -0.3 is 30.2 Å². The molecule has 0 aromatic rings. The Morgan fingerprint density at radius 1 is 1.13 bits per heavy atom. The molecule has 4 atom stereocenters. The zero-order valence-corrected chi connectivity index (χ0v) is 8.03. The van der Waals surface area contributed by atoms with Gasteiger partial charge in [0.2, 0.25) is 5.91 Å². The van der Waals surface area contributed by atoms with Crippen LogP contribution in [0.2, 0.25) is 0 Å². The lowest BCUT2D eigenvalue weighted by atomic mass is 10.0. The molecule has 7 nitrogen and oxygen atoms in total. The van der Waals surface area contributed by atoms with E-state index in [2.05, 4.69) is 0 Å². The van der Waals surface area contributed by atoms with Gasteiger partial charge in [0.05, 0.1) is 0 Å². The lowest BCUT2D eigenvalue weighted by molar-refractivity contribution is -0.133. The number of nitrogens with one attached hydrogen (secondary N) is 1. The van der Waals surface area contributed by atoms with E-state index in [4.69, 9.17) is 10.2 Å². The Morgan fingerprint density at radius 3 is 2.00 bits per heavy atom. The molecular formula is C8H13NO6. The van der Waals surface area contributed by atoms with E-state index in [1.807, 2.05) is 5.32 Å². The van der Waals surface area contributed by atoms with Gasteiger partial charge in [-0.1, -0.05) is 0 Å². The molecule has 15 heavy (non-hydrogen) atoms. The van der Waals surface area contributed by atoms with Crippen molar-refractivity contribution >= 4 is 18.5 Å². The highest BCUT2D eigenvalue weighted by molar-refractivity contribution is 5.77. The second kappa shape index (κ2) is 6.23. The van der Waals surface area contributed by atoms with Gasteiger partial charge in [0.15, 0.2) is 6.29 Å². The average molecular weight is 219 g/mol. The number of carbonyl (C=O) groups is 3. The van der Waals surface area contributed by atoms with E-state index in [1.165, 1.54) is 0 Å². The van der Waals surface area contributed by atoms with Crippen LogP contribution in [-0.2, 0) is 14.4 Å². The molecule has 0 aliphatic rings. The van der Waals surface area contributed by atoms with Gasteiger partial charge >= 0.3 is 0 Å². The van der Waals surface area contributed by atoms with E-state index in [0.29, 0.717) is 0 Å². The summed E-state index contributed by atoms with van der Waals surface area (Å²) in [6.45, 7) is 1.12. The quantitative estimate of drug-likeness (QED) is 0.352. The van der Waals surface area contributed by atoms with Crippen LogP contribution < -0.4 is 5.32 Å². The maximum Gasteiger partial charge on any atom is 0.217 e. The second-order valence-corrected chi connectivity index (χ2v) is 2.97. The number of carbonyl (C=O) groups excluding carboxylic acids is 3. The molecule has 0 spiro atoms. The van der Waals surface area contributed by atoms with Crippen LogP contribution in [0.4, 0.5) is 0 Å². The molecule has 0 aromatic carbocycles. The molecule has 0 aliphatic heterocycles. The summed E-state index contributed by atoms with van der Waals surface area (Å²) in [5.74, 6) is -0.584. The van der Waals surface area contributed by atoms with E-state index in [0.717, 1.165) is 6.92 Å². The third kappa shape index (κ3) is 4.15. The van der Waals surface area contributed by atoms with Crippen molar-refractivity contribution in [3.05, 3.63) is 0 Å². The number of aliphatic hydroxyl groups is 3. The van der Waals surface area contributed by atoms with Crippen molar-refractivity contribution in [2.45, 2.75) is 31.3 Å². The van der Waals surface area contributed by atoms with Crippen molar-refractivity contribution < 1.29 is 29.7 Å². The van der Waals surface area contributed by atoms with E-state index < -0.39 is 30.3 Å². The minimum atomic E-state index is -1.83. The third-order valence-electron chi connectivity index (χ3n) is 1.72. The predicted octanol–water partition coefficient (Wildman–Crippen LogP) is -3.03. The molecule has 0 rings (SSSR count). The van der Waals surface area contributed by atoms with Crippen LogP contribution in [0.1, 0.15) is 6.92 Å². The Bertz CT molecular complexity index is 243. The molecule has 0 saturated heterocycles. The molecule has 0 aliphatic carbocycles. The summed E-state index contributed by atoms with van der Waals surface area (Å²) in [6.07, 6.45) is -5.16. The number of hydrogen-bond acceptors (Lipinski definition) is 6. The molecule has 0 aromatic heterocycles. The molecule has 0 heterocycles. The lowest BCUT2D eigenvalue weighted by Crippen LogP contribution is -2.52. The summed E-state index contributed by atoms with van der Waals surface area (Å²) < 4.78 is 0. The third-order valence-corrected chi connectivity index (χ3v) is 1.72. The SMILES string of the molecule is CC(=O)N[C@@H](C=O)[C@@H](O)[C@@H](O)[C@H](O)C=O. The molecule has 0 bridgehead atoms. The van der Waals surface area contributed by atoms with Crippen molar-refractivity contribution in [1.82, 2.24) is 5.32 Å². The van der Waals surface area contributed by atoms with Gasteiger partial charge in [-0.2, -0.15) is 0 Å². The van der Waals surface area contributed by atoms with E-state index in [-0.39, 0.29) is 12.6 Å². The fourth-order valence-corrected chi connectivity index (χ4v) is 0.930. The highest BCUT2D eigenvalue weighted by Gasteiger charge is 2.31. The molecule has 0 radical (unpaired) electrons. The minimum absolute atomic E-state index is 0.0174. The minimum Gasteiger partial charge on any atom is -0.388 e. The molecule has 1 amide bonds. The van der Waals surface area contributed by atoms with Crippen LogP contribution in [0.25, 0.3) is 0 Å². The summed E-state index contributed by atoms with van der Waals surface area (Å²) in [6, 6.07) is -1.37. The topological polar surface area (TPSA) is 124 Å². The molecule has 7 heteroatoms. The molecule has 4 N–H and O–H groups in total. The van der Waals surface area contributed by atoms with E-state index in [9.17, 15) is 19.5 Å². The van der Waals surface area contributed by atoms with Crippen LogP contribution in [0.15, 0.2) is 0 Å². The molecule has 0 unspecified atom stereocenters. The van der Waals surface area contributed by atoms with Crippen molar-refractivity contribution in [2.24, 2.45) is 0 Å². The first kappa shape index (κ1) is 13.7. The van der Waals surface area contributed by atoms with Crippen LogP contribution in [-0.4, -0.2) is 58.2 Å². The predicted molar refractivity (Wildman–Crippen MR) is 47.8 cm³/mol. The fourth-order valence-electron chi connectivity index (χ4n) is 0.930. The number of hydrogen-bond donors (Lipinski definition) is 4. The van der Waals surface area contributed by atoms with E-state index in [1.54, 1.807) is 0 Å². The Labute approximate surface area is 85.7 Å². The van der Waals surface area contributed by atoms with Gasteiger partial charge in [-0.3, -0.25) is 4.79 Å². The Balaban J connectivity index is 4.49. The highest BCUT2D eigenvalue weighted by Crippen LogP contribution is 2.02. The van der Waals surface area contributed by atoms with Gasteiger partial charge in [-0.15, -0.1) is 0 Å². The summed E-state index contributed by atoms with van der Waals surface area (Å²) in [5, 5.41) is 29.4. The zero-order valence-electron chi connectivity index (χ0n) is 8.03. The van der Waals surface area contributed by atoms with Crippen molar-refractivity contribution in [2.75, 3.05) is 0 Å². The summed E-state index contributed by atoms with van der Waals surface area (Å²) in [7, 11) is 0. The Hall–Kier alpha value is -1.31. The average Bonchev–Trinajstić information content (AvgIpc) is 2.22. The fraction of sp³-hybridized carbons (Fsp3) is 0.625. The Kier molecular flexibility index (Phi) is 5.68. The largest absolute Gasteiger partial charge is 0.388 e. The van der Waals surface area contributed by atoms with Gasteiger partial charge in [0.1, 0.15) is 30.6 Å². The lowest BCUT2D eigenvalue weighted by Gasteiger charge is -2.24. The second-order valence-electron chi connectivity index (χ2n) is 2.97. The van der Waals surface area contributed by atoms with Gasteiger partial charge in [-0.25, -0.2) is 0 Å². The molecular weight excluding hydrogens is 206 g/mol. The smallest absolute Gasteiger partial charge is 0.217 e. The van der Waals surface area contributed by atoms with Crippen molar-refractivity contribution in [3.63, 3.8) is 0 Å². The summed E-state index contributed by atoms with van der Waals surface area (Å²) in [5.41, 5.74) is 0. The zero-order chi connectivity index (χ0) is 12.0. The van der Waals surface area contributed by atoms with Crippen LogP contribution >= 0.6 is 0 Å². The molecule has 0 fully saturated rings. The van der Waals surface area contributed by atoms with Crippen molar-refractivity contribution in [3.8, 4) is 0 Å². The van der Waals surface area contributed by atoms with Crippen LogP contribution in [0.3, 0.4) is 0 Å². The highest BCUT2D eigenvalue weighted by atomic mass is 16.4. The normalized spacial score (nSPS) is 18.4. The van der Waals surface area contributed by atoms with Gasteiger partial charge in [0.25, 0.3) is 0 Å². The maximum absolute atomic E-state index is 10.6. The summed E-state index contributed by atoms with van der Waals surface area (Å²) in [4.78, 5) is 31.1. The molecule has 86 valence electrons. The first-order valence-electron chi connectivity index (χ1n) is 4.16. The maximum atomic E-state index is 10.6. The first-order chi connectivity index (χ1) is 6.93. The van der Waals surface area contributed by atoms with Crippen molar-refractivity contribution in [1.29, 1.82) is 0 Å². The molecule has 0 saturated carbocycles. The first-order valence-corrected chi connectivity index (χ1v) is 4.16. The van der Waals surface area contributed by atoms with E-state index >= 15 is 0 Å². The standard InChI is InChI=1S/C8H13NO6/c1-4(12)9-5(2-10)7(14)8(15)6(13)3-11/h2-3,5-8,13-15H,1H3,(H,9,12)/t5-,6+,7+,8-/m0/s1. The number of aldehydes is 2. The van der Waals surface area contributed by atoms with Gasteiger partial charge in [0, 0.05) is 6.92 Å². The van der Waals surface area contributed by atoms with Crippen LogP contribution in [0.5, 0.6) is 0 Å². The number of amides is 1. The number of rotatable bonds is 6. The summed E-state index contributed by atoms with van der Waals surface area (Å²) >= 11 is 0. The monoisotopic (exact) mass is 219 g/mol. The van der Waals surface area contributed by atoms with Crippen LogP contribution in [0, 0.1) is 0 Å². The van der Waals surface area contributed by atoms with Gasteiger partial charge in [-0.05, 0) is 0 Å². The number of aliphatic hydroxyl groups excluding tert-OH is 3.